The molecular formula is C22H20ClNO6. The normalized spacial score (nSPS) is 19.9. The van der Waals surface area contributed by atoms with E-state index in [0.717, 1.165) is 0 Å². The molecule has 1 unspecified atom stereocenters. The van der Waals surface area contributed by atoms with Crippen molar-refractivity contribution >= 4 is 29.1 Å². The van der Waals surface area contributed by atoms with Crippen LogP contribution in [0.5, 0.6) is 11.5 Å². The lowest BCUT2D eigenvalue weighted by molar-refractivity contribution is -0.140. The Morgan fingerprint density at radius 1 is 1.17 bits per heavy atom. The number of aliphatic hydroxyl groups is 1. The van der Waals surface area contributed by atoms with Gasteiger partial charge in [-0.15, -0.1) is 0 Å². The molecule has 0 spiro atoms. The van der Waals surface area contributed by atoms with Crippen molar-refractivity contribution in [2.24, 2.45) is 0 Å². The predicted molar refractivity (Wildman–Crippen MR) is 110 cm³/mol. The van der Waals surface area contributed by atoms with Crippen LogP contribution in [0.4, 0.5) is 0 Å². The number of hydrogen-bond donors (Lipinski definition) is 1. The molecule has 2 aliphatic heterocycles. The average molecular weight is 430 g/mol. The molecule has 1 atom stereocenters. The summed E-state index contributed by atoms with van der Waals surface area (Å²) in [6.45, 7) is 1.27. The Bertz CT molecular complexity index is 1030. The van der Waals surface area contributed by atoms with Crippen LogP contribution in [0.2, 0.25) is 5.02 Å². The second-order valence-electron chi connectivity index (χ2n) is 6.90. The number of hydrogen-bond acceptors (Lipinski definition) is 6. The van der Waals surface area contributed by atoms with E-state index in [1.54, 1.807) is 42.5 Å². The number of carbonyl (C=O) groups is 2. The zero-order valence-corrected chi connectivity index (χ0v) is 17.0. The van der Waals surface area contributed by atoms with Crippen LogP contribution < -0.4 is 9.47 Å². The topological polar surface area (TPSA) is 85.3 Å². The Balaban J connectivity index is 1.84. The number of nitrogens with zero attached hydrogens (tertiary/aromatic N) is 1. The Labute approximate surface area is 178 Å². The molecular weight excluding hydrogens is 410 g/mol. The fourth-order valence-corrected chi connectivity index (χ4v) is 3.87. The van der Waals surface area contributed by atoms with Crippen molar-refractivity contribution in [2.45, 2.75) is 6.04 Å². The molecule has 30 heavy (non-hydrogen) atoms. The van der Waals surface area contributed by atoms with E-state index in [4.69, 9.17) is 25.8 Å². The number of fused-ring (bicyclic) bond motifs is 1. The minimum Gasteiger partial charge on any atom is -0.507 e. The second kappa shape index (κ2) is 8.38. The van der Waals surface area contributed by atoms with Crippen LogP contribution in [0.25, 0.3) is 5.76 Å². The number of ketones is 1. The zero-order chi connectivity index (χ0) is 21.3. The van der Waals surface area contributed by atoms with E-state index < -0.39 is 17.7 Å². The molecule has 1 amide bonds. The second-order valence-corrected chi connectivity index (χ2v) is 7.34. The SMILES string of the molecule is COCCN1C(=O)C(=O)C(=C(O)c2ccc3c(c2)OCCO3)C1c1cccc(Cl)c1. The molecule has 1 fully saturated rings. The van der Waals surface area contributed by atoms with Crippen molar-refractivity contribution in [3.8, 4) is 11.5 Å². The first-order valence-electron chi connectivity index (χ1n) is 9.44. The van der Waals surface area contributed by atoms with E-state index in [-0.39, 0.29) is 24.5 Å². The molecule has 8 heteroatoms. The largest absolute Gasteiger partial charge is 0.507 e. The van der Waals surface area contributed by atoms with E-state index in [0.29, 0.717) is 40.9 Å². The first-order chi connectivity index (χ1) is 14.5. The number of ether oxygens (including phenoxy) is 3. The highest BCUT2D eigenvalue weighted by Crippen LogP contribution is 2.41. The summed E-state index contributed by atoms with van der Waals surface area (Å²) in [5.41, 5.74) is 0.975. The predicted octanol–water partition coefficient (Wildman–Crippen LogP) is 3.18. The van der Waals surface area contributed by atoms with E-state index in [9.17, 15) is 14.7 Å². The number of likely N-dealkylation sites (tertiary alicyclic amines) is 1. The number of aliphatic hydroxyl groups excluding tert-OH is 1. The van der Waals surface area contributed by atoms with Crippen LogP contribution in [-0.4, -0.2) is 55.2 Å². The molecule has 1 saturated heterocycles. The van der Waals surface area contributed by atoms with Gasteiger partial charge in [-0.3, -0.25) is 9.59 Å². The maximum absolute atomic E-state index is 12.9. The van der Waals surface area contributed by atoms with Gasteiger partial charge in [0.05, 0.1) is 18.2 Å². The van der Waals surface area contributed by atoms with Crippen molar-refractivity contribution in [3.05, 3.63) is 64.2 Å². The van der Waals surface area contributed by atoms with Gasteiger partial charge in [0, 0.05) is 24.2 Å². The van der Waals surface area contributed by atoms with Gasteiger partial charge in [-0.05, 0) is 35.9 Å². The van der Waals surface area contributed by atoms with Crippen molar-refractivity contribution in [1.82, 2.24) is 4.90 Å². The fraction of sp³-hybridized carbons (Fsp3) is 0.273. The molecule has 2 aromatic carbocycles. The lowest BCUT2D eigenvalue weighted by atomic mass is 9.95. The molecule has 7 nitrogen and oxygen atoms in total. The van der Waals surface area contributed by atoms with Gasteiger partial charge in [0.25, 0.3) is 11.7 Å². The van der Waals surface area contributed by atoms with Crippen LogP contribution >= 0.6 is 11.6 Å². The van der Waals surface area contributed by atoms with Crippen molar-refractivity contribution in [2.75, 3.05) is 33.5 Å². The van der Waals surface area contributed by atoms with Gasteiger partial charge in [-0.1, -0.05) is 23.7 Å². The maximum atomic E-state index is 12.9. The van der Waals surface area contributed by atoms with Gasteiger partial charge < -0.3 is 24.2 Å². The number of Topliss-reactive ketones (excluding diaryl/α,β-unsaturated/α-hetero) is 1. The lowest BCUT2D eigenvalue weighted by Crippen LogP contribution is -2.32. The smallest absolute Gasteiger partial charge is 0.295 e. The number of rotatable bonds is 5. The molecule has 0 saturated carbocycles. The third kappa shape index (κ3) is 3.62. The Kier molecular flexibility index (Phi) is 5.65. The van der Waals surface area contributed by atoms with Gasteiger partial charge in [-0.25, -0.2) is 0 Å². The third-order valence-electron chi connectivity index (χ3n) is 5.06. The average Bonchev–Trinajstić information content (AvgIpc) is 3.01. The van der Waals surface area contributed by atoms with E-state index in [1.165, 1.54) is 12.0 Å². The van der Waals surface area contributed by atoms with Crippen LogP contribution in [0.15, 0.2) is 48.0 Å². The minimum absolute atomic E-state index is 0.00459. The fourth-order valence-electron chi connectivity index (χ4n) is 3.67. The van der Waals surface area contributed by atoms with Gasteiger partial charge in [0.1, 0.15) is 19.0 Å². The molecule has 4 rings (SSSR count). The summed E-state index contributed by atoms with van der Waals surface area (Å²) in [4.78, 5) is 27.1. The number of benzene rings is 2. The molecule has 2 heterocycles. The molecule has 2 aliphatic rings. The van der Waals surface area contributed by atoms with Gasteiger partial charge in [0.15, 0.2) is 11.5 Å². The number of methoxy groups -OCH3 is 1. The summed E-state index contributed by atoms with van der Waals surface area (Å²) >= 11 is 6.15. The summed E-state index contributed by atoms with van der Waals surface area (Å²) in [6.07, 6.45) is 0. The summed E-state index contributed by atoms with van der Waals surface area (Å²) in [6, 6.07) is 11.0. The molecule has 0 aliphatic carbocycles. The first kappa shape index (κ1) is 20.3. The van der Waals surface area contributed by atoms with Crippen molar-refractivity contribution in [1.29, 1.82) is 0 Å². The number of carbonyl (C=O) groups excluding carboxylic acids is 2. The summed E-state index contributed by atoms with van der Waals surface area (Å²) in [5, 5.41) is 11.5. The standard InChI is InChI=1S/C22H20ClNO6/c1-28-8-7-24-19(13-3-2-4-15(23)11-13)18(21(26)22(24)27)20(25)14-5-6-16-17(12-14)30-10-9-29-16/h2-6,11-12,19,25H,7-10H2,1H3. The van der Waals surface area contributed by atoms with E-state index >= 15 is 0 Å². The van der Waals surface area contributed by atoms with E-state index in [2.05, 4.69) is 0 Å². The van der Waals surface area contributed by atoms with Crippen molar-refractivity contribution in [3.63, 3.8) is 0 Å². The monoisotopic (exact) mass is 429 g/mol. The Hall–Kier alpha value is -3.03. The van der Waals surface area contributed by atoms with E-state index in [1.807, 2.05) is 0 Å². The summed E-state index contributed by atoms with van der Waals surface area (Å²) in [5.74, 6) is -0.710. The quantitative estimate of drug-likeness (QED) is 0.446. The van der Waals surface area contributed by atoms with Crippen LogP contribution in [0, 0.1) is 0 Å². The Morgan fingerprint density at radius 3 is 2.67 bits per heavy atom. The van der Waals surface area contributed by atoms with Crippen LogP contribution in [0.1, 0.15) is 17.2 Å². The van der Waals surface area contributed by atoms with Gasteiger partial charge >= 0.3 is 0 Å². The van der Waals surface area contributed by atoms with Gasteiger partial charge in [0.2, 0.25) is 0 Å². The molecule has 0 aromatic heterocycles. The zero-order valence-electron chi connectivity index (χ0n) is 16.3. The highest BCUT2D eigenvalue weighted by molar-refractivity contribution is 6.46. The summed E-state index contributed by atoms with van der Waals surface area (Å²) in [7, 11) is 1.51. The highest BCUT2D eigenvalue weighted by Gasteiger charge is 2.46. The van der Waals surface area contributed by atoms with Crippen LogP contribution in [-0.2, 0) is 14.3 Å². The lowest BCUT2D eigenvalue weighted by Gasteiger charge is -2.25. The third-order valence-corrected chi connectivity index (χ3v) is 5.29. The number of amides is 1. The van der Waals surface area contributed by atoms with Crippen LogP contribution in [0.3, 0.4) is 0 Å². The molecule has 2 aromatic rings. The molecule has 156 valence electrons. The molecule has 0 radical (unpaired) electrons. The minimum atomic E-state index is -0.785. The van der Waals surface area contributed by atoms with Gasteiger partial charge in [-0.2, -0.15) is 0 Å². The molecule has 0 bridgehead atoms. The molecule has 1 N–H and O–H groups in total. The first-order valence-corrected chi connectivity index (χ1v) is 9.82. The maximum Gasteiger partial charge on any atom is 0.295 e. The Morgan fingerprint density at radius 2 is 1.93 bits per heavy atom. The summed E-state index contributed by atoms with van der Waals surface area (Å²) < 4.78 is 16.2. The number of halogens is 1. The highest BCUT2D eigenvalue weighted by atomic mass is 35.5. The van der Waals surface area contributed by atoms with Crippen molar-refractivity contribution < 1.29 is 28.9 Å².